The predicted molar refractivity (Wildman–Crippen MR) is 93.3 cm³/mol. The van der Waals surface area contributed by atoms with Crippen molar-refractivity contribution < 1.29 is 14.3 Å². The standard InChI is InChI=1S/C17H23N3O3S/c1-12(21)13-7-9-19(10-8-13)11-20-17(24)23-16(18-20)14-3-5-15(22-2)6-4-14/h3-6,12-13,21H,7-11H2,1-2H3. The van der Waals surface area contributed by atoms with E-state index in [0.29, 0.717) is 23.3 Å². The lowest BCUT2D eigenvalue weighted by Crippen LogP contribution is -2.38. The number of aliphatic hydroxyl groups is 1. The molecule has 0 radical (unpaired) electrons. The van der Waals surface area contributed by atoms with E-state index in [1.807, 2.05) is 31.2 Å². The van der Waals surface area contributed by atoms with Crippen molar-refractivity contribution in [3.05, 3.63) is 29.1 Å². The molecule has 1 aromatic heterocycles. The molecule has 2 heterocycles. The van der Waals surface area contributed by atoms with Crippen LogP contribution in [0.5, 0.6) is 5.75 Å². The van der Waals surface area contributed by atoms with Crippen LogP contribution in [0.3, 0.4) is 0 Å². The normalized spacial score (nSPS) is 17.8. The molecular formula is C17H23N3O3S. The molecular weight excluding hydrogens is 326 g/mol. The molecule has 0 aliphatic carbocycles. The van der Waals surface area contributed by atoms with E-state index < -0.39 is 0 Å². The molecule has 1 atom stereocenters. The second kappa shape index (κ2) is 7.46. The zero-order chi connectivity index (χ0) is 17.1. The molecule has 1 unspecified atom stereocenters. The molecule has 1 aliphatic heterocycles. The average molecular weight is 349 g/mol. The molecule has 24 heavy (non-hydrogen) atoms. The number of nitrogens with zero attached hydrogens (tertiary/aromatic N) is 3. The Labute approximate surface area is 146 Å². The van der Waals surface area contributed by atoms with Crippen molar-refractivity contribution in [2.45, 2.75) is 32.5 Å². The Hall–Kier alpha value is -1.70. The first-order valence-electron chi connectivity index (χ1n) is 8.19. The van der Waals surface area contributed by atoms with Gasteiger partial charge in [-0.05, 0) is 62.2 Å². The van der Waals surface area contributed by atoms with Crippen LogP contribution in [-0.4, -0.2) is 46.1 Å². The van der Waals surface area contributed by atoms with E-state index in [1.165, 1.54) is 0 Å². The summed E-state index contributed by atoms with van der Waals surface area (Å²) in [5, 5.41) is 14.2. The van der Waals surface area contributed by atoms with Crippen molar-refractivity contribution in [3.63, 3.8) is 0 Å². The van der Waals surface area contributed by atoms with E-state index in [4.69, 9.17) is 21.4 Å². The summed E-state index contributed by atoms with van der Waals surface area (Å²) in [5.41, 5.74) is 0.869. The zero-order valence-electron chi connectivity index (χ0n) is 14.0. The Balaban J connectivity index is 1.67. The number of hydrogen-bond donors (Lipinski definition) is 1. The van der Waals surface area contributed by atoms with E-state index in [-0.39, 0.29) is 6.10 Å². The molecule has 1 saturated heterocycles. The van der Waals surface area contributed by atoms with Crippen LogP contribution in [0.1, 0.15) is 19.8 Å². The summed E-state index contributed by atoms with van der Waals surface area (Å²) in [6.45, 7) is 4.35. The predicted octanol–water partition coefficient (Wildman–Crippen LogP) is 2.93. The number of piperidine rings is 1. The summed E-state index contributed by atoms with van der Waals surface area (Å²) in [6.07, 6.45) is 1.76. The van der Waals surface area contributed by atoms with Gasteiger partial charge < -0.3 is 14.3 Å². The van der Waals surface area contributed by atoms with Gasteiger partial charge in [0, 0.05) is 18.7 Å². The van der Waals surface area contributed by atoms with Gasteiger partial charge in [0.15, 0.2) is 0 Å². The summed E-state index contributed by atoms with van der Waals surface area (Å²) in [7, 11) is 1.64. The van der Waals surface area contributed by atoms with Crippen LogP contribution in [0, 0.1) is 10.8 Å². The van der Waals surface area contributed by atoms with E-state index in [1.54, 1.807) is 11.8 Å². The van der Waals surface area contributed by atoms with Crippen molar-refractivity contribution in [1.29, 1.82) is 0 Å². The van der Waals surface area contributed by atoms with Gasteiger partial charge in [-0.25, -0.2) is 4.68 Å². The Bertz CT molecular complexity index is 715. The summed E-state index contributed by atoms with van der Waals surface area (Å²) in [6, 6.07) is 7.54. The first kappa shape index (κ1) is 17.1. The molecule has 6 nitrogen and oxygen atoms in total. The summed E-state index contributed by atoms with van der Waals surface area (Å²) in [4.78, 5) is 2.66. The number of aliphatic hydroxyl groups excluding tert-OH is 1. The lowest BCUT2D eigenvalue weighted by molar-refractivity contribution is 0.0588. The van der Waals surface area contributed by atoms with Crippen LogP contribution < -0.4 is 4.74 Å². The van der Waals surface area contributed by atoms with Crippen molar-refractivity contribution in [3.8, 4) is 17.2 Å². The summed E-state index contributed by atoms with van der Waals surface area (Å²) >= 11 is 5.30. The second-order valence-electron chi connectivity index (χ2n) is 6.24. The van der Waals surface area contributed by atoms with Crippen LogP contribution in [0.4, 0.5) is 0 Å². The number of hydrogen-bond acceptors (Lipinski definition) is 6. The fraction of sp³-hybridized carbons (Fsp3) is 0.529. The first-order chi connectivity index (χ1) is 11.6. The Morgan fingerprint density at radius 1 is 1.33 bits per heavy atom. The lowest BCUT2D eigenvalue weighted by Gasteiger charge is -2.32. The second-order valence-corrected chi connectivity index (χ2v) is 6.59. The Morgan fingerprint density at radius 3 is 2.58 bits per heavy atom. The number of methoxy groups -OCH3 is 1. The number of aromatic nitrogens is 2. The van der Waals surface area contributed by atoms with Crippen LogP contribution in [0.15, 0.2) is 28.7 Å². The first-order valence-corrected chi connectivity index (χ1v) is 8.60. The third-order valence-corrected chi connectivity index (χ3v) is 4.89. The number of ether oxygens (including phenoxy) is 1. The molecule has 1 fully saturated rings. The van der Waals surface area contributed by atoms with Crippen molar-refractivity contribution in [2.75, 3.05) is 20.2 Å². The molecule has 7 heteroatoms. The molecule has 0 amide bonds. The smallest absolute Gasteiger partial charge is 0.288 e. The molecule has 3 rings (SSSR count). The van der Waals surface area contributed by atoms with E-state index in [0.717, 1.165) is 37.2 Å². The van der Waals surface area contributed by atoms with Gasteiger partial charge in [0.25, 0.3) is 4.84 Å². The minimum Gasteiger partial charge on any atom is -0.497 e. The average Bonchev–Trinajstić information content (AvgIpc) is 2.96. The summed E-state index contributed by atoms with van der Waals surface area (Å²) < 4.78 is 12.5. The van der Waals surface area contributed by atoms with Crippen LogP contribution >= 0.6 is 12.2 Å². The highest BCUT2D eigenvalue weighted by Gasteiger charge is 2.23. The highest BCUT2D eigenvalue weighted by atomic mass is 32.1. The van der Waals surface area contributed by atoms with E-state index in [9.17, 15) is 5.11 Å². The van der Waals surface area contributed by atoms with Crippen molar-refractivity contribution in [2.24, 2.45) is 5.92 Å². The van der Waals surface area contributed by atoms with Crippen LogP contribution in [0.2, 0.25) is 0 Å². The maximum atomic E-state index is 9.69. The maximum Gasteiger partial charge on any atom is 0.288 e. The zero-order valence-corrected chi connectivity index (χ0v) is 14.8. The molecule has 1 aliphatic rings. The minimum atomic E-state index is -0.233. The quantitative estimate of drug-likeness (QED) is 0.838. The van der Waals surface area contributed by atoms with E-state index in [2.05, 4.69) is 10.00 Å². The van der Waals surface area contributed by atoms with Gasteiger partial charge in [-0.15, -0.1) is 5.10 Å². The van der Waals surface area contributed by atoms with Gasteiger partial charge >= 0.3 is 0 Å². The van der Waals surface area contributed by atoms with Gasteiger partial charge in [-0.2, -0.15) is 0 Å². The number of rotatable bonds is 5. The van der Waals surface area contributed by atoms with E-state index >= 15 is 0 Å². The van der Waals surface area contributed by atoms with Crippen LogP contribution in [0.25, 0.3) is 11.5 Å². The third-order valence-electron chi connectivity index (χ3n) is 4.59. The lowest BCUT2D eigenvalue weighted by atomic mass is 9.92. The molecule has 130 valence electrons. The van der Waals surface area contributed by atoms with Gasteiger partial charge in [0.05, 0.1) is 19.9 Å². The Morgan fingerprint density at radius 2 is 2.00 bits per heavy atom. The largest absolute Gasteiger partial charge is 0.497 e. The monoisotopic (exact) mass is 349 g/mol. The topological polar surface area (TPSA) is 63.7 Å². The van der Waals surface area contributed by atoms with Crippen LogP contribution in [-0.2, 0) is 6.67 Å². The fourth-order valence-corrected chi connectivity index (χ4v) is 3.19. The maximum absolute atomic E-state index is 9.69. The Kier molecular flexibility index (Phi) is 5.33. The molecule has 0 spiro atoms. The van der Waals surface area contributed by atoms with Gasteiger partial charge in [-0.1, -0.05) is 0 Å². The number of likely N-dealkylation sites (tertiary alicyclic amines) is 1. The molecule has 2 aromatic rings. The molecule has 0 bridgehead atoms. The third kappa shape index (κ3) is 3.85. The van der Waals surface area contributed by atoms with Crippen molar-refractivity contribution >= 4 is 12.2 Å². The highest BCUT2D eigenvalue weighted by molar-refractivity contribution is 7.71. The SMILES string of the molecule is COc1ccc(-c2nn(CN3CCC(C(C)O)CC3)c(=S)o2)cc1. The fourth-order valence-electron chi connectivity index (χ4n) is 3.01. The summed E-state index contributed by atoms with van der Waals surface area (Å²) in [5.74, 6) is 1.70. The van der Waals surface area contributed by atoms with Gasteiger partial charge in [0.2, 0.25) is 5.89 Å². The minimum absolute atomic E-state index is 0.233. The molecule has 1 aromatic carbocycles. The van der Waals surface area contributed by atoms with Crippen molar-refractivity contribution in [1.82, 2.24) is 14.7 Å². The molecule has 0 saturated carbocycles. The molecule has 1 N–H and O–H groups in total. The van der Waals surface area contributed by atoms with Gasteiger partial charge in [0.1, 0.15) is 5.75 Å². The highest BCUT2D eigenvalue weighted by Crippen LogP contribution is 2.23. The number of benzene rings is 1. The van der Waals surface area contributed by atoms with Gasteiger partial charge in [-0.3, -0.25) is 4.90 Å².